The van der Waals surface area contributed by atoms with Crippen molar-refractivity contribution in [2.45, 2.75) is 281 Å². The van der Waals surface area contributed by atoms with Crippen molar-refractivity contribution < 1.29 is 49.3 Å². The first-order chi connectivity index (χ1) is 34.2. The average Bonchev–Trinajstić information content (AvgIpc) is 3.36. The highest BCUT2D eigenvalue weighted by molar-refractivity contribution is 5.76. The van der Waals surface area contributed by atoms with Crippen LogP contribution in [0.4, 0.5) is 0 Å². The van der Waals surface area contributed by atoms with Crippen LogP contribution in [0.3, 0.4) is 0 Å². The first-order valence-electron chi connectivity index (χ1n) is 28.5. The maximum atomic E-state index is 13.0. The molecule has 70 heavy (non-hydrogen) atoms. The first-order valence-corrected chi connectivity index (χ1v) is 28.5. The van der Waals surface area contributed by atoms with Gasteiger partial charge < -0.3 is 45.1 Å². The molecule has 7 atom stereocenters. The number of rotatable bonds is 48. The van der Waals surface area contributed by atoms with Gasteiger partial charge in [-0.3, -0.25) is 9.59 Å². The van der Waals surface area contributed by atoms with Crippen LogP contribution in [0, 0.1) is 0 Å². The number of hydrogen-bond acceptors (Lipinski definition) is 10. The maximum absolute atomic E-state index is 13.0. The predicted octanol–water partition coefficient (Wildman–Crippen LogP) is 12.7. The third-order valence-corrected chi connectivity index (χ3v) is 13.2. The van der Waals surface area contributed by atoms with Crippen LogP contribution in [-0.2, 0) is 23.8 Å². The van der Waals surface area contributed by atoms with E-state index >= 15 is 0 Å². The van der Waals surface area contributed by atoms with Crippen molar-refractivity contribution >= 4 is 11.9 Å². The van der Waals surface area contributed by atoms with Crippen molar-refractivity contribution in [3.63, 3.8) is 0 Å². The smallest absolute Gasteiger partial charge is 0.305 e. The minimum atomic E-state index is -1.58. The summed E-state index contributed by atoms with van der Waals surface area (Å²) in [5.74, 6) is -0.239. The number of esters is 1. The molecule has 0 aromatic carbocycles. The Bertz CT molecular complexity index is 1350. The van der Waals surface area contributed by atoms with Gasteiger partial charge in [0.2, 0.25) is 5.91 Å². The van der Waals surface area contributed by atoms with Gasteiger partial charge in [0.25, 0.3) is 0 Å². The molecule has 1 heterocycles. The maximum Gasteiger partial charge on any atom is 0.305 e. The van der Waals surface area contributed by atoms with Crippen LogP contribution >= 0.6 is 0 Å². The molecule has 1 aliphatic rings. The summed E-state index contributed by atoms with van der Waals surface area (Å²) in [5, 5.41) is 54.1. The van der Waals surface area contributed by atoms with Crippen LogP contribution in [0.2, 0.25) is 0 Å². The lowest BCUT2D eigenvalue weighted by atomic mass is 9.99. The molecule has 11 nitrogen and oxygen atoms in total. The van der Waals surface area contributed by atoms with Gasteiger partial charge in [0.15, 0.2) is 6.29 Å². The Morgan fingerprint density at radius 1 is 0.557 bits per heavy atom. The van der Waals surface area contributed by atoms with E-state index in [0.29, 0.717) is 25.9 Å². The minimum absolute atomic E-state index is 0.0280. The molecule has 7 unspecified atom stereocenters. The lowest BCUT2D eigenvalue weighted by molar-refractivity contribution is -0.302. The van der Waals surface area contributed by atoms with Crippen molar-refractivity contribution in [2.75, 3.05) is 19.8 Å². The van der Waals surface area contributed by atoms with E-state index in [2.05, 4.69) is 54.8 Å². The normalized spacial score (nSPS) is 19.7. The van der Waals surface area contributed by atoms with Crippen molar-refractivity contribution in [1.29, 1.82) is 0 Å². The third kappa shape index (κ3) is 38.0. The zero-order valence-electron chi connectivity index (χ0n) is 44.5. The summed E-state index contributed by atoms with van der Waals surface area (Å²) in [5.41, 5.74) is 0. The zero-order chi connectivity index (χ0) is 51.0. The van der Waals surface area contributed by atoms with Gasteiger partial charge in [0, 0.05) is 12.8 Å². The lowest BCUT2D eigenvalue weighted by Crippen LogP contribution is -2.60. The molecule has 0 saturated carbocycles. The summed E-state index contributed by atoms with van der Waals surface area (Å²) < 4.78 is 16.6. The van der Waals surface area contributed by atoms with Gasteiger partial charge >= 0.3 is 5.97 Å². The fourth-order valence-corrected chi connectivity index (χ4v) is 8.64. The molecule has 0 aliphatic carbocycles. The number of carbonyl (C=O) groups is 2. The molecule has 0 aromatic rings. The molecule has 1 aliphatic heterocycles. The van der Waals surface area contributed by atoms with E-state index in [-0.39, 0.29) is 18.5 Å². The van der Waals surface area contributed by atoms with Gasteiger partial charge in [0.1, 0.15) is 24.4 Å². The second-order valence-electron chi connectivity index (χ2n) is 19.7. The predicted molar refractivity (Wildman–Crippen MR) is 287 cm³/mol. The molecule has 1 amide bonds. The fourth-order valence-electron chi connectivity index (χ4n) is 8.64. The number of ether oxygens (including phenoxy) is 3. The van der Waals surface area contributed by atoms with E-state index in [4.69, 9.17) is 14.2 Å². The van der Waals surface area contributed by atoms with Gasteiger partial charge in [0.05, 0.1) is 32.0 Å². The number of carbonyl (C=O) groups excluding carboxylic acids is 2. The molecule has 1 fully saturated rings. The molecular formula is C59H105NO10. The Labute approximate surface area is 427 Å². The van der Waals surface area contributed by atoms with Crippen molar-refractivity contribution in [2.24, 2.45) is 0 Å². The summed E-state index contributed by atoms with van der Waals surface area (Å²) in [6.45, 7) is 4.03. The van der Waals surface area contributed by atoms with Crippen molar-refractivity contribution in [3.8, 4) is 0 Å². The highest BCUT2D eigenvalue weighted by Gasteiger charge is 2.44. The summed E-state index contributed by atoms with van der Waals surface area (Å²) in [6, 6.07) is -0.842. The van der Waals surface area contributed by atoms with Crippen LogP contribution in [0.1, 0.15) is 239 Å². The molecule has 6 N–H and O–H groups in total. The van der Waals surface area contributed by atoms with Crippen LogP contribution in [0.15, 0.2) is 60.8 Å². The second kappa shape index (κ2) is 48.6. The highest BCUT2D eigenvalue weighted by atomic mass is 16.7. The van der Waals surface area contributed by atoms with Gasteiger partial charge in [-0.25, -0.2) is 0 Å². The van der Waals surface area contributed by atoms with E-state index in [1.54, 1.807) is 6.08 Å². The fraction of sp³-hybridized carbons (Fsp3) is 0.797. The number of aliphatic hydroxyl groups is 5. The Balaban J connectivity index is 2.07. The summed E-state index contributed by atoms with van der Waals surface area (Å²) in [4.78, 5) is 25.0. The highest BCUT2D eigenvalue weighted by Crippen LogP contribution is 2.23. The molecule has 406 valence electrons. The van der Waals surface area contributed by atoms with Crippen LogP contribution in [-0.4, -0.2) is 100 Å². The van der Waals surface area contributed by atoms with Gasteiger partial charge in [-0.1, -0.05) is 203 Å². The quantitative estimate of drug-likeness (QED) is 0.0149. The Morgan fingerprint density at radius 3 is 1.56 bits per heavy atom. The first kappa shape index (κ1) is 65.4. The molecule has 1 saturated heterocycles. The van der Waals surface area contributed by atoms with Crippen LogP contribution in [0.25, 0.3) is 0 Å². The Kier molecular flexibility index (Phi) is 45.4. The molecule has 11 heteroatoms. The zero-order valence-corrected chi connectivity index (χ0v) is 44.5. The van der Waals surface area contributed by atoms with Gasteiger partial charge in [-0.15, -0.1) is 0 Å². The van der Waals surface area contributed by atoms with E-state index in [1.165, 1.54) is 116 Å². The molecule has 0 spiro atoms. The largest absolute Gasteiger partial charge is 0.466 e. The van der Waals surface area contributed by atoms with Gasteiger partial charge in [-0.05, 0) is 84.0 Å². The SMILES string of the molecule is C/C=C/CC/C=C/CC/C=C/C(O)C(COC1OC(CO)C(O)C(O)C1O)NC(=O)CCCCCCCCCCCC/C=C\C=C/CCCCCOC(=O)CCCCCCCCCCCCCCCC. The second-order valence-corrected chi connectivity index (χ2v) is 19.7. The van der Waals surface area contributed by atoms with Crippen molar-refractivity contribution in [1.82, 2.24) is 5.32 Å². The van der Waals surface area contributed by atoms with E-state index in [9.17, 15) is 35.1 Å². The molecule has 1 rings (SSSR count). The number of unbranched alkanes of at least 4 members (excludes halogenated alkanes) is 28. The number of nitrogens with one attached hydrogen (secondary N) is 1. The molecule has 0 bridgehead atoms. The number of allylic oxidation sites excluding steroid dienone is 9. The summed E-state index contributed by atoms with van der Waals surface area (Å²) in [7, 11) is 0. The number of hydrogen-bond donors (Lipinski definition) is 6. The number of aliphatic hydroxyl groups excluding tert-OH is 5. The standard InChI is InChI=1S/C59H105NO10/c1-3-5-7-9-11-13-14-15-24-27-31-35-39-43-47-55(64)68-48-44-40-36-32-28-25-22-20-18-16-17-19-21-23-26-30-34-38-42-46-54(63)60-51(52(62)45-41-37-33-29-12-10-8-6-4-2)50-69-59-58(67)57(66)56(65)53(49-61)70-59/h4,6,12,20,22,25,28-29,41,45,51-53,56-59,61-62,65-67H,3,5,7-11,13-19,21,23-24,26-27,30-40,42-44,46-50H2,1-2H3,(H,60,63)/b6-4+,22-20-,28-25-,29-12+,45-41+. The topological polar surface area (TPSA) is 175 Å². The molecular weight excluding hydrogens is 883 g/mol. The molecule has 0 radical (unpaired) electrons. The van der Waals surface area contributed by atoms with Crippen LogP contribution in [0.5, 0.6) is 0 Å². The average molecular weight is 988 g/mol. The van der Waals surface area contributed by atoms with Crippen molar-refractivity contribution in [3.05, 3.63) is 60.8 Å². The van der Waals surface area contributed by atoms with Gasteiger partial charge in [-0.2, -0.15) is 0 Å². The summed E-state index contributed by atoms with van der Waals surface area (Å²) >= 11 is 0. The third-order valence-electron chi connectivity index (χ3n) is 13.2. The summed E-state index contributed by atoms with van der Waals surface area (Å²) in [6.07, 6.45) is 52.0. The van der Waals surface area contributed by atoms with Crippen LogP contribution < -0.4 is 5.32 Å². The lowest BCUT2D eigenvalue weighted by Gasteiger charge is -2.40. The monoisotopic (exact) mass is 988 g/mol. The molecule has 0 aromatic heterocycles. The minimum Gasteiger partial charge on any atom is -0.466 e. The Hall–Kier alpha value is -2.64. The van der Waals surface area contributed by atoms with E-state index < -0.39 is 49.5 Å². The Morgan fingerprint density at radius 2 is 1.03 bits per heavy atom. The van der Waals surface area contributed by atoms with E-state index in [1.807, 2.05) is 19.1 Å². The van der Waals surface area contributed by atoms with E-state index in [0.717, 1.165) is 89.9 Å². The number of amides is 1.